The van der Waals surface area contributed by atoms with Crippen molar-refractivity contribution in [1.29, 1.82) is 0 Å². The summed E-state index contributed by atoms with van der Waals surface area (Å²) >= 11 is 2.22. The molecule has 0 radical (unpaired) electrons. The summed E-state index contributed by atoms with van der Waals surface area (Å²) in [6.45, 7) is 1.06. The van der Waals surface area contributed by atoms with E-state index in [4.69, 9.17) is 4.74 Å². The molecule has 1 N–H and O–H groups in total. The molecule has 1 aliphatic heterocycles. The van der Waals surface area contributed by atoms with E-state index < -0.39 is 0 Å². The van der Waals surface area contributed by atoms with Gasteiger partial charge >= 0.3 is 0 Å². The molecule has 12 heavy (non-hydrogen) atoms. The normalized spacial score (nSPS) is 21.6. The van der Waals surface area contributed by atoms with Crippen molar-refractivity contribution in [2.45, 2.75) is 12.6 Å². The standard InChI is InChI=1S/C8H9IN2O/c9-6-3-7(5-10-4-6)12-8-1-2-11-8/h3-5,8,11H,1-2H2/t8-/m0/s1/i9-4. The number of nitrogens with one attached hydrogen (secondary N) is 1. The fourth-order valence-corrected chi connectivity index (χ4v) is 1.45. The average Bonchev–Trinajstić information content (AvgIpc) is 1.97. The van der Waals surface area contributed by atoms with E-state index in [1.54, 1.807) is 6.20 Å². The highest BCUT2D eigenvalue weighted by Crippen LogP contribution is 2.16. The van der Waals surface area contributed by atoms with E-state index in [1.807, 2.05) is 12.3 Å². The number of halogens is 1. The number of ether oxygens (including phenoxy) is 1. The van der Waals surface area contributed by atoms with E-state index >= 15 is 0 Å². The lowest BCUT2D eigenvalue weighted by atomic mass is 10.2. The molecule has 2 heterocycles. The van der Waals surface area contributed by atoms with Gasteiger partial charge in [0.05, 0.1) is 6.20 Å². The molecule has 64 valence electrons. The van der Waals surface area contributed by atoms with Gasteiger partial charge in [-0.25, -0.2) is 0 Å². The Morgan fingerprint density at radius 2 is 2.42 bits per heavy atom. The zero-order chi connectivity index (χ0) is 8.39. The second kappa shape index (κ2) is 3.57. The van der Waals surface area contributed by atoms with Gasteiger partial charge in [0.2, 0.25) is 0 Å². The number of nitrogens with zero attached hydrogens (tertiary/aromatic N) is 1. The Kier molecular flexibility index (Phi) is 2.45. The van der Waals surface area contributed by atoms with E-state index in [2.05, 4.69) is 32.9 Å². The van der Waals surface area contributed by atoms with Gasteiger partial charge in [0.25, 0.3) is 0 Å². The van der Waals surface area contributed by atoms with Crippen LogP contribution in [-0.2, 0) is 0 Å². The van der Waals surface area contributed by atoms with Crippen molar-refractivity contribution in [3.05, 3.63) is 22.0 Å². The van der Waals surface area contributed by atoms with Crippen LogP contribution in [0.15, 0.2) is 18.5 Å². The average molecular weight is 272 g/mol. The van der Waals surface area contributed by atoms with E-state index in [0.29, 0.717) is 0 Å². The van der Waals surface area contributed by atoms with Crippen LogP contribution in [0, 0.1) is 3.57 Å². The van der Waals surface area contributed by atoms with Crippen molar-refractivity contribution in [2.24, 2.45) is 0 Å². The molecule has 0 aromatic carbocycles. The van der Waals surface area contributed by atoms with Crippen molar-refractivity contribution < 1.29 is 4.74 Å². The maximum absolute atomic E-state index is 5.55. The smallest absolute Gasteiger partial charge is 0.151 e. The summed E-state index contributed by atoms with van der Waals surface area (Å²) in [5.74, 6) is 0.846. The van der Waals surface area contributed by atoms with Gasteiger partial charge in [-0.3, -0.25) is 10.3 Å². The SMILES string of the molecule is [123I]c1cncc(O[C@H]2CCN2)c1. The topological polar surface area (TPSA) is 34.1 Å². The first-order valence-corrected chi connectivity index (χ1v) is 4.93. The lowest BCUT2D eigenvalue weighted by Crippen LogP contribution is -2.46. The first-order valence-electron chi connectivity index (χ1n) is 3.85. The molecule has 0 saturated carbocycles. The zero-order valence-corrected chi connectivity index (χ0v) is 8.61. The van der Waals surface area contributed by atoms with Crippen LogP contribution in [0.1, 0.15) is 6.42 Å². The van der Waals surface area contributed by atoms with Gasteiger partial charge in [0, 0.05) is 22.7 Å². The van der Waals surface area contributed by atoms with Crippen LogP contribution >= 0.6 is 22.6 Å². The summed E-state index contributed by atoms with van der Waals surface area (Å²) in [5.41, 5.74) is 0. The molecular formula is C8H9IN2O. The third kappa shape index (κ3) is 1.87. The van der Waals surface area contributed by atoms with E-state index in [9.17, 15) is 0 Å². The van der Waals surface area contributed by atoms with Crippen LogP contribution in [0.3, 0.4) is 0 Å². The molecule has 1 saturated heterocycles. The summed E-state index contributed by atoms with van der Waals surface area (Å²) in [7, 11) is 0. The predicted octanol–water partition coefficient (Wildman–Crippen LogP) is 1.38. The van der Waals surface area contributed by atoms with Crippen molar-refractivity contribution in [1.82, 2.24) is 10.3 Å². The molecule has 0 unspecified atom stereocenters. The maximum atomic E-state index is 5.55. The van der Waals surface area contributed by atoms with Gasteiger partial charge in [-0.15, -0.1) is 0 Å². The van der Waals surface area contributed by atoms with Crippen LogP contribution in [0.4, 0.5) is 0 Å². The Morgan fingerprint density at radius 3 is 3.00 bits per heavy atom. The second-order valence-corrected chi connectivity index (χ2v) is 3.93. The van der Waals surface area contributed by atoms with Crippen molar-refractivity contribution in [2.75, 3.05) is 6.54 Å². The molecule has 0 amide bonds. The van der Waals surface area contributed by atoms with Gasteiger partial charge in [-0.05, 0) is 28.7 Å². The van der Waals surface area contributed by atoms with Crippen LogP contribution in [0.5, 0.6) is 5.75 Å². The van der Waals surface area contributed by atoms with Crippen LogP contribution in [0.2, 0.25) is 0 Å². The molecule has 0 bridgehead atoms. The summed E-state index contributed by atoms with van der Waals surface area (Å²) in [6, 6.07) is 1.98. The molecular weight excluding hydrogens is 263 g/mol. The Balaban J connectivity index is 2.02. The first kappa shape index (κ1) is 8.25. The van der Waals surface area contributed by atoms with Crippen LogP contribution < -0.4 is 10.1 Å². The lowest BCUT2D eigenvalue weighted by Gasteiger charge is -2.27. The third-order valence-corrected chi connectivity index (χ3v) is 2.33. The van der Waals surface area contributed by atoms with E-state index in [0.717, 1.165) is 22.3 Å². The molecule has 1 fully saturated rings. The molecule has 0 spiro atoms. The second-order valence-electron chi connectivity index (χ2n) is 2.69. The quantitative estimate of drug-likeness (QED) is 0.826. The number of aromatic nitrogens is 1. The van der Waals surface area contributed by atoms with E-state index in [1.165, 1.54) is 0 Å². The molecule has 2 rings (SSSR count). The number of hydrogen-bond donors (Lipinski definition) is 1. The summed E-state index contributed by atoms with van der Waals surface area (Å²) in [4.78, 5) is 4.04. The lowest BCUT2D eigenvalue weighted by molar-refractivity contribution is 0.0982. The third-order valence-electron chi connectivity index (χ3n) is 1.74. The van der Waals surface area contributed by atoms with Gasteiger partial charge in [0.15, 0.2) is 6.23 Å². The summed E-state index contributed by atoms with van der Waals surface area (Å²) < 4.78 is 6.65. The maximum Gasteiger partial charge on any atom is 0.151 e. The number of rotatable bonds is 2. The monoisotopic (exact) mass is 272 g/mol. The van der Waals surface area contributed by atoms with Crippen LogP contribution in [0.25, 0.3) is 0 Å². The van der Waals surface area contributed by atoms with Gasteiger partial charge in [0.1, 0.15) is 5.75 Å². The highest BCUT2D eigenvalue weighted by Gasteiger charge is 2.17. The van der Waals surface area contributed by atoms with Crippen LogP contribution in [-0.4, -0.2) is 17.8 Å². The molecule has 1 atom stereocenters. The molecule has 4 heteroatoms. The van der Waals surface area contributed by atoms with Crippen molar-refractivity contribution in [3.63, 3.8) is 0 Å². The molecule has 1 aromatic rings. The largest absolute Gasteiger partial charge is 0.474 e. The Bertz CT molecular complexity index is 276. The minimum absolute atomic E-state index is 0.199. The van der Waals surface area contributed by atoms with E-state index in [-0.39, 0.29) is 6.23 Å². The Morgan fingerprint density at radius 1 is 1.58 bits per heavy atom. The van der Waals surface area contributed by atoms with Crippen molar-refractivity contribution in [3.8, 4) is 5.75 Å². The number of pyridine rings is 1. The molecule has 1 aliphatic rings. The Labute approximate surface area is 84.7 Å². The minimum atomic E-state index is 0.199. The zero-order valence-electron chi connectivity index (χ0n) is 6.46. The minimum Gasteiger partial charge on any atom is -0.474 e. The summed E-state index contributed by atoms with van der Waals surface area (Å²) in [5, 5.41) is 3.16. The van der Waals surface area contributed by atoms with Gasteiger partial charge in [-0.1, -0.05) is 0 Å². The fraction of sp³-hybridized carbons (Fsp3) is 0.375. The highest BCUT2D eigenvalue weighted by molar-refractivity contribution is 14.1. The van der Waals surface area contributed by atoms with Gasteiger partial charge in [-0.2, -0.15) is 0 Å². The Hall–Kier alpha value is -0.360. The first-order chi connectivity index (χ1) is 5.84. The molecule has 1 aromatic heterocycles. The number of hydrogen-bond acceptors (Lipinski definition) is 3. The highest BCUT2D eigenvalue weighted by atomic mass is 123. The summed E-state index contributed by atoms with van der Waals surface area (Å²) in [6.07, 6.45) is 4.83. The molecule has 0 aliphatic carbocycles. The molecule has 3 nitrogen and oxygen atoms in total. The predicted molar refractivity (Wildman–Crippen MR) is 54.0 cm³/mol. The fourth-order valence-electron chi connectivity index (χ4n) is 0.984. The van der Waals surface area contributed by atoms with Gasteiger partial charge < -0.3 is 4.74 Å². The van der Waals surface area contributed by atoms with Crippen molar-refractivity contribution >= 4 is 22.6 Å².